The zero-order valence-electron chi connectivity index (χ0n) is 6.69. The van der Waals surface area contributed by atoms with Crippen molar-refractivity contribution in [3.8, 4) is 0 Å². The lowest BCUT2D eigenvalue weighted by atomic mass is 9.40. The van der Waals surface area contributed by atoms with Gasteiger partial charge in [0.25, 0.3) is 0 Å². The van der Waals surface area contributed by atoms with E-state index in [0.29, 0.717) is 0 Å². The Morgan fingerprint density at radius 2 is 1.89 bits per heavy atom. The first kappa shape index (κ1) is 7.18. The van der Waals surface area contributed by atoms with E-state index >= 15 is 0 Å². The van der Waals surface area contributed by atoms with Gasteiger partial charge in [0.1, 0.15) is 6.71 Å². The van der Waals surface area contributed by atoms with Gasteiger partial charge in [-0.2, -0.15) is 0 Å². The molecule has 0 spiro atoms. The third kappa shape index (κ3) is 1.74. The summed E-state index contributed by atoms with van der Waals surface area (Å²) in [5.74, 6) is 0.993. The zero-order chi connectivity index (χ0) is 6.69. The van der Waals surface area contributed by atoms with Crippen LogP contribution in [-0.4, -0.2) is 6.71 Å². The van der Waals surface area contributed by atoms with Crippen LogP contribution in [0.25, 0.3) is 0 Å². The maximum atomic E-state index is 2.40. The average Bonchev–Trinajstić information content (AvgIpc) is 2.37. The minimum atomic E-state index is 0.993. The summed E-state index contributed by atoms with van der Waals surface area (Å²) in [4.78, 5) is 0. The first-order chi connectivity index (χ1) is 4.34. The number of rotatable bonds is 2. The molecule has 0 aliphatic carbocycles. The van der Waals surface area contributed by atoms with Gasteiger partial charge < -0.3 is 0 Å². The van der Waals surface area contributed by atoms with Crippen molar-refractivity contribution in [3.63, 3.8) is 0 Å². The van der Waals surface area contributed by atoms with E-state index in [9.17, 15) is 0 Å². The van der Waals surface area contributed by atoms with E-state index < -0.39 is 0 Å². The fraction of sp³-hybridized carbons (Fsp3) is 1.00. The van der Waals surface area contributed by atoms with E-state index in [2.05, 4.69) is 13.8 Å². The van der Waals surface area contributed by atoms with Crippen LogP contribution in [0.2, 0.25) is 18.5 Å². The second kappa shape index (κ2) is 3.29. The largest absolute Gasteiger partial charge is 0.142 e. The second-order valence-corrected chi connectivity index (χ2v) is 3.43. The predicted molar refractivity (Wildman–Crippen MR) is 44.3 cm³/mol. The maximum absolute atomic E-state index is 2.40. The van der Waals surface area contributed by atoms with Crippen molar-refractivity contribution in [1.82, 2.24) is 0 Å². The Labute approximate surface area is 59.1 Å². The van der Waals surface area contributed by atoms with Crippen molar-refractivity contribution in [2.75, 3.05) is 0 Å². The van der Waals surface area contributed by atoms with E-state index in [1.807, 2.05) is 0 Å². The molecule has 1 atom stereocenters. The van der Waals surface area contributed by atoms with Crippen LogP contribution < -0.4 is 0 Å². The Morgan fingerprint density at radius 1 is 1.33 bits per heavy atom. The van der Waals surface area contributed by atoms with Gasteiger partial charge in [-0.25, -0.2) is 0 Å². The van der Waals surface area contributed by atoms with Crippen molar-refractivity contribution >= 4 is 6.71 Å². The molecule has 0 aromatic carbocycles. The van der Waals surface area contributed by atoms with Crippen molar-refractivity contribution < 1.29 is 0 Å². The molecule has 1 rings (SSSR count). The average molecular weight is 124 g/mol. The summed E-state index contributed by atoms with van der Waals surface area (Å²) in [6.45, 7) is 5.79. The smallest absolute Gasteiger partial charge is 0.0740 e. The molecule has 1 saturated heterocycles. The Bertz CT molecular complexity index is 74.6. The summed E-state index contributed by atoms with van der Waals surface area (Å²) in [5, 5.41) is 0. The SMILES string of the molecule is CCC(C)B1CCCC1. The van der Waals surface area contributed by atoms with Gasteiger partial charge in [-0.05, 0) is 0 Å². The molecular formula is C8H17B. The summed E-state index contributed by atoms with van der Waals surface area (Å²) >= 11 is 0. The fourth-order valence-electron chi connectivity index (χ4n) is 1.86. The monoisotopic (exact) mass is 124 g/mol. The quantitative estimate of drug-likeness (QED) is 0.496. The molecule has 1 aliphatic rings. The molecule has 0 radical (unpaired) electrons. The van der Waals surface area contributed by atoms with Crippen LogP contribution >= 0.6 is 0 Å². The summed E-state index contributed by atoms with van der Waals surface area (Å²) in [6, 6.07) is 0. The van der Waals surface area contributed by atoms with Crippen LogP contribution in [0.4, 0.5) is 0 Å². The Morgan fingerprint density at radius 3 is 2.33 bits per heavy atom. The van der Waals surface area contributed by atoms with Crippen LogP contribution in [-0.2, 0) is 0 Å². The zero-order valence-corrected chi connectivity index (χ0v) is 6.69. The normalized spacial score (nSPS) is 22.7. The third-order valence-electron chi connectivity index (χ3n) is 2.85. The van der Waals surface area contributed by atoms with Gasteiger partial charge in [0.15, 0.2) is 0 Å². The van der Waals surface area contributed by atoms with Gasteiger partial charge in [0.05, 0.1) is 0 Å². The standard InChI is InChI=1S/C8H17B/c1-3-8(2)9-6-4-5-7-9/h8H,3-7H2,1-2H3. The van der Waals surface area contributed by atoms with Crippen molar-refractivity contribution in [1.29, 1.82) is 0 Å². The summed E-state index contributed by atoms with van der Waals surface area (Å²) < 4.78 is 0. The Hall–Kier alpha value is 0.0649. The topological polar surface area (TPSA) is 0 Å². The molecule has 0 nitrogen and oxygen atoms in total. The van der Waals surface area contributed by atoms with Gasteiger partial charge in [-0.3, -0.25) is 0 Å². The molecule has 0 amide bonds. The van der Waals surface area contributed by atoms with Crippen molar-refractivity contribution in [3.05, 3.63) is 0 Å². The lowest BCUT2D eigenvalue weighted by molar-refractivity contribution is 0.851. The van der Waals surface area contributed by atoms with Crippen LogP contribution in [0.3, 0.4) is 0 Å². The van der Waals surface area contributed by atoms with Gasteiger partial charge in [-0.15, -0.1) is 0 Å². The number of hydrogen-bond donors (Lipinski definition) is 0. The molecule has 1 aliphatic heterocycles. The van der Waals surface area contributed by atoms with Crippen LogP contribution in [0.5, 0.6) is 0 Å². The molecule has 9 heavy (non-hydrogen) atoms. The minimum Gasteiger partial charge on any atom is -0.0740 e. The lowest BCUT2D eigenvalue weighted by Crippen LogP contribution is -2.12. The minimum absolute atomic E-state index is 0.993. The highest BCUT2D eigenvalue weighted by Crippen LogP contribution is 2.29. The van der Waals surface area contributed by atoms with Gasteiger partial charge in [-0.1, -0.05) is 51.6 Å². The van der Waals surface area contributed by atoms with E-state index in [0.717, 1.165) is 12.5 Å². The highest BCUT2D eigenvalue weighted by molar-refractivity contribution is 6.61. The molecule has 0 aromatic heterocycles. The molecule has 1 heterocycles. The highest BCUT2D eigenvalue weighted by Gasteiger charge is 2.23. The second-order valence-electron chi connectivity index (χ2n) is 3.43. The summed E-state index contributed by atoms with van der Waals surface area (Å²) in [6.07, 6.45) is 7.39. The molecule has 0 aromatic rings. The van der Waals surface area contributed by atoms with Crippen LogP contribution in [0, 0.1) is 0 Å². The first-order valence-electron chi connectivity index (χ1n) is 4.34. The predicted octanol–water partition coefficient (Wildman–Crippen LogP) is 3.08. The maximum Gasteiger partial charge on any atom is 0.142 e. The number of hydrogen-bond acceptors (Lipinski definition) is 0. The molecule has 1 fully saturated rings. The Kier molecular flexibility index (Phi) is 2.62. The van der Waals surface area contributed by atoms with Crippen LogP contribution in [0.15, 0.2) is 0 Å². The molecule has 1 heteroatoms. The molecular weight excluding hydrogens is 107 g/mol. The van der Waals surface area contributed by atoms with E-state index in [-0.39, 0.29) is 0 Å². The van der Waals surface area contributed by atoms with Gasteiger partial charge in [0.2, 0.25) is 0 Å². The van der Waals surface area contributed by atoms with E-state index in [1.165, 1.54) is 31.9 Å². The molecule has 0 bridgehead atoms. The van der Waals surface area contributed by atoms with Crippen LogP contribution in [0.1, 0.15) is 33.1 Å². The first-order valence-corrected chi connectivity index (χ1v) is 4.34. The fourth-order valence-corrected chi connectivity index (χ4v) is 1.86. The van der Waals surface area contributed by atoms with Gasteiger partial charge >= 0.3 is 0 Å². The van der Waals surface area contributed by atoms with Crippen molar-refractivity contribution in [2.24, 2.45) is 0 Å². The van der Waals surface area contributed by atoms with E-state index in [4.69, 9.17) is 0 Å². The van der Waals surface area contributed by atoms with Gasteiger partial charge in [0, 0.05) is 0 Å². The molecule has 0 saturated carbocycles. The van der Waals surface area contributed by atoms with E-state index in [1.54, 1.807) is 0 Å². The third-order valence-corrected chi connectivity index (χ3v) is 2.85. The summed E-state index contributed by atoms with van der Waals surface area (Å²) in [5.41, 5.74) is 0. The molecule has 52 valence electrons. The lowest BCUT2D eigenvalue weighted by Gasteiger charge is -2.11. The summed E-state index contributed by atoms with van der Waals surface area (Å²) in [7, 11) is 0. The van der Waals surface area contributed by atoms with Crippen molar-refractivity contribution in [2.45, 2.75) is 51.6 Å². The Balaban J connectivity index is 2.24. The highest BCUT2D eigenvalue weighted by atomic mass is 14.0. The molecule has 0 N–H and O–H groups in total. The molecule has 1 unspecified atom stereocenters.